The molecule has 0 aromatic rings. The van der Waals surface area contributed by atoms with E-state index in [-0.39, 0.29) is 18.6 Å². The highest BCUT2D eigenvalue weighted by Gasteiger charge is 2.02. The van der Waals surface area contributed by atoms with E-state index in [0.717, 1.165) is 0 Å². The molecule has 60 valence electrons. The van der Waals surface area contributed by atoms with Crippen molar-refractivity contribution in [2.45, 2.75) is 13.0 Å². The SMILES string of the molecule is COCC(=O)NC(C)CN. The summed E-state index contributed by atoms with van der Waals surface area (Å²) in [5, 5.41) is 2.64. The first-order valence-electron chi connectivity index (χ1n) is 3.19. The van der Waals surface area contributed by atoms with Crippen molar-refractivity contribution >= 4 is 5.91 Å². The van der Waals surface area contributed by atoms with Crippen molar-refractivity contribution in [2.24, 2.45) is 5.73 Å². The molecule has 10 heavy (non-hydrogen) atoms. The molecule has 3 N–H and O–H groups in total. The highest BCUT2D eigenvalue weighted by atomic mass is 16.5. The number of ether oxygens (including phenoxy) is 1. The van der Waals surface area contributed by atoms with E-state index in [4.69, 9.17) is 5.73 Å². The topological polar surface area (TPSA) is 64.3 Å². The van der Waals surface area contributed by atoms with Gasteiger partial charge in [0.05, 0.1) is 0 Å². The van der Waals surface area contributed by atoms with Gasteiger partial charge in [0.2, 0.25) is 5.91 Å². The first-order chi connectivity index (χ1) is 4.70. The zero-order valence-electron chi connectivity index (χ0n) is 6.39. The third kappa shape index (κ3) is 4.29. The lowest BCUT2D eigenvalue weighted by atomic mass is 10.3. The summed E-state index contributed by atoms with van der Waals surface area (Å²) < 4.78 is 4.60. The van der Waals surface area contributed by atoms with Gasteiger partial charge in [0, 0.05) is 19.7 Å². The minimum Gasteiger partial charge on any atom is -0.375 e. The van der Waals surface area contributed by atoms with Gasteiger partial charge < -0.3 is 15.8 Å². The number of rotatable bonds is 4. The summed E-state index contributed by atoms with van der Waals surface area (Å²) >= 11 is 0. The van der Waals surface area contributed by atoms with E-state index in [9.17, 15) is 4.79 Å². The Bertz CT molecular complexity index is 106. The Morgan fingerprint density at radius 3 is 2.80 bits per heavy atom. The zero-order chi connectivity index (χ0) is 7.98. The summed E-state index contributed by atoms with van der Waals surface area (Å²) in [5.74, 6) is -0.125. The molecule has 0 heterocycles. The molecule has 0 saturated heterocycles. The van der Waals surface area contributed by atoms with Crippen LogP contribution in [0.3, 0.4) is 0 Å². The number of methoxy groups -OCH3 is 1. The Morgan fingerprint density at radius 1 is 1.80 bits per heavy atom. The number of nitrogens with two attached hydrogens (primary N) is 1. The summed E-state index contributed by atoms with van der Waals surface area (Å²) in [5.41, 5.74) is 5.26. The van der Waals surface area contributed by atoms with Crippen molar-refractivity contribution in [3.8, 4) is 0 Å². The van der Waals surface area contributed by atoms with E-state index in [1.807, 2.05) is 6.92 Å². The molecule has 0 spiro atoms. The molecule has 0 bridgehead atoms. The Balaban J connectivity index is 3.37. The number of nitrogens with one attached hydrogen (secondary N) is 1. The van der Waals surface area contributed by atoms with E-state index < -0.39 is 0 Å². The van der Waals surface area contributed by atoms with E-state index in [1.165, 1.54) is 7.11 Å². The summed E-state index contributed by atoms with van der Waals surface area (Å²) in [4.78, 5) is 10.7. The van der Waals surface area contributed by atoms with Gasteiger partial charge in [0.25, 0.3) is 0 Å². The van der Waals surface area contributed by atoms with Crippen LogP contribution >= 0.6 is 0 Å². The summed E-state index contributed by atoms with van der Waals surface area (Å²) in [6.45, 7) is 2.40. The van der Waals surface area contributed by atoms with Crippen LogP contribution in [0, 0.1) is 0 Å². The molecular formula is C6H14N2O2. The van der Waals surface area contributed by atoms with Crippen LogP contribution in [0.1, 0.15) is 6.92 Å². The van der Waals surface area contributed by atoms with Crippen molar-refractivity contribution in [2.75, 3.05) is 20.3 Å². The second kappa shape index (κ2) is 5.20. The predicted molar refractivity (Wildman–Crippen MR) is 38.5 cm³/mol. The van der Waals surface area contributed by atoms with Crippen LogP contribution in [0.5, 0.6) is 0 Å². The maximum Gasteiger partial charge on any atom is 0.246 e. The minimum absolute atomic E-state index is 0.0302. The average Bonchev–Trinajstić information content (AvgIpc) is 1.88. The van der Waals surface area contributed by atoms with Gasteiger partial charge in [0.15, 0.2) is 0 Å². The minimum atomic E-state index is -0.125. The molecule has 0 rings (SSSR count). The molecule has 0 saturated carbocycles. The zero-order valence-corrected chi connectivity index (χ0v) is 6.39. The van der Waals surface area contributed by atoms with Gasteiger partial charge in [-0.05, 0) is 6.92 Å². The van der Waals surface area contributed by atoms with Crippen molar-refractivity contribution in [3.05, 3.63) is 0 Å². The number of hydrogen-bond donors (Lipinski definition) is 2. The monoisotopic (exact) mass is 146 g/mol. The van der Waals surface area contributed by atoms with E-state index >= 15 is 0 Å². The third-order valence-corrected chi connectivity index (χ3v) is 1.04. The molecule has 1 unspecified atom stereocenters. The molecule has 0 fully saturated rings. The molecule has 0 aromatic carbocycles. The van der Waals surface area contributed by atoms with Gasteiger partial charge in [-0.15, -0.1) is 0 Å². The van der Waals surface area contributed by atoms with Gasteiger partial charge in [-0.25, -0.2) is 0 Å². The van der Waals surface area contributed by atoms with Crippen LogP contribution in [0.15, 0.2) is 0 Å². The Hall–Kier alpha value is -0.610. The summed E-state index contributed by atoms with van der Waals surface area (Å²) in [7, 11) is 1.48. The van der Waals surface area contributed by atoms with Crippen LogP contribution < -0.4 is 11.1 Å². The van der Waals surface area contributed by atoms with E-state index in [0.29, 0.717) is 6.54 Å². The Morgan fingerprint density at radius 2 is 2.40 bits per heavy atom. The fourth-order valence-corrected chi connectivity index (χ4v) is 0.507. The lowest BCUT2D eigenvalue weighted by Crippen LogP contribution is -2.39. The average molecular weight is 146 g/mol. The van der Waals surface area contributed by atoms with Gasteiger partial charge in [-0.1, -0.05) is 0 Å². The maximum absolute atomic E-state index is 10.7. The lowest BCUT2D eigenvalue weighted by molar-refractivity contribution is -0.125. The van der Waals surface area contributed by atoms with Gasteiger partial charge in [-0.2, -0.15) is 0 Å². The third-order valence-electron chi connectivity index (χ3n) is 1.04. The summed E-state index contributed by atoms with van der Waals surface area (Å²) in [6.07, 6.45) is 0. The van der Waals surface area contributed by atoms with Crippen LogP contribution in [0.4, 0.5) is 0 Å². The molecular weight excluding hydrogens is 132 g/mol. The first-order valence-corrected chi connectivity index (χ1v) is 3.19. The largest absolute Gasteiger partial charge is 0.375 e. The van der Waals surface area contributed by atoms with Crippen LogP contribution in [-0.4, -0.2) is 32.2 Å². The van der Waals surface area contributed by atoms with Crippen molar-refractivity contribution in [1.82, 2.24) is 5.32 Å². The predicted octanol–water partition coefficient (Wildman–Crippen LogP) is -0.904. The van der Waals surface area contributed by atoms with E-state index in [1.54, 1.807) is 0 Å². The molecule has 4 nitrogen and oxygen atoms in total. The second-order valence-corrected chi connectivity index (χ2v) is 2.14. The molecule has 0 aliphatic carbocycles. The van der Waals surface area contributed by atoms with Crippen molar-refractivity contribution in [1.29, 1.82) is 0 Å². The normalized spacial score (nSPS) is 12.7. The first kappa shape index (κ1) is 9.39. The maximum atomic E-state index is 10.7. The molecule has 4 heteroatoms. The standard InChI is InChI=1S/C6H14N2O2/c1-5(3-7)8-6(9)4-10-2/h5H,3-4,7H2,1-2H3,(H,8,9). The number of carbonyl (C=O) groups is 1. The van der Waals surface area contributed by atoms with Gasteiger partial charge >= 0.3 is 0 Å². The lowest BCUT2D eigenvalue weighted by Gasteiger charge is -2.09. The smallest absolute Gasteiger partial charge is 0.246 e. The molecule has 0 aliphatic heterocycles. The molecule has 0 aliphatic rings. The number of hydrogen-bond acceptors (Lipinski definition) is 3. The second-order valence-electron chi connectivity index (χ2n) is 2.14. The summed E-state index contributed by atoms with van der Waals surface area (Å²) in [6, 6.07) is 0.0302. The molecule has 1 atom stereocenters. The van der Waals surface area contributed by atoms with Gasteiger partial charge in [0.1, 0.15) is 6.61 Å². The van der Waals surface area contributed by atoms with Crippen LogP contribution in [-0.2, 0) is 9.53 Å². The van der Waals surface area contributed by atoms with Gasteiger partial charge in [-0.3, -0.25) is 4.79 Å². The molecule has 1 amide bonds. The Labute approximate surface area is 60.7 Å². The highest BCUT2D eigenvalue weighted by molar-refractivity contribution is 5.77. The fraction of sp³-hybridized carbons (Fsp3) is 0.833. The highest BCUT2D eigenvalue weighted by Crippen LogP contribution is 1.76. The number of carbonyl (C=O) groups excluding carboxylic acids is 1. The van der Waals surface area contributed by atoms with Crippen LogP contribution in [0.2, 0.25) is 0 Å². The quantitative estimate of drug-likeness (QED) is 0.540. The molecule has 0 aromatic heterocycles. The van der Waals surface area contributed by atoms with Crippen molar-refractivity contribution in [3.63, 3.8) is 0 Å². The molecule has 0 radical (unpaired) electrons. The fourth-order valence-electron chi connectivity index (χ4n) is 0.507. The van der Waals surface area contributed by atoms with Crippen molar-refractivity contribution < 1.29 is 9.53 Å². The Kier molecular flexibility index (Phi) is 4.88. The number of amides is 1. The van der Waals surface area contributed by atoms with E-state index in [2.05, 4.69) is 10.1 Å². The van der Waals surface area contributed by atoms with Crippen LogP contribution in [0.25, 0.3) is 0 Å².